The van der Waals surface area contributed by atoms with Gasteiger partial charge in [0.05, 0.1) is 19.3 Å². The summed E-state index contributed by atoms with van der Waals surface area (Å²) >= 11 is 1.38. The number of rotatable bonds is 6. The molecular formula is C10H14NO3PS. The highest BCUT2D eigenvalue weighted by Crippen LogP contribution is 2.61. The predicted molar refractivity (Wildman–Crippen MR) is 63.5 cm³/mol. The molecule has 1 unspecified atom stereocenters. The van der Waals surface area contributed by atoms with Crippen molar-refractivity contribution in [1.82, 2.24) is 0 Å². The van der Waals surface area contributed by atoms with E-state index in [-0.39, 0.29) is 13.2 Å². The Morgan fingerprint density at radius 2 is 2.12 bits per heavy atom. The van der Waals surface area contributed by atoms with Gasteiger partial charge in [-0.15, -0.1) is 11.3 Å². The lowest BCUT2D eigenvalue weighted by molar-refractivity contribution is 0.216. The molecule has 0 aliphatic carbocycles. The quantitative estimate of drug-likeness (QED) is 0.732. The Kier molecular flexibility index (Phi) is 5.17. The van der Waals surface area contributed by atoms with Gasteiger partial charge in [0.2, 0.25) is 0 Å². The van der Waals surface area contributed by atoms with Gasteiger partial charge in [-0.1, -0.05) is 6.07 Å². The van der Waals surface area contributed by atoms with Gasteiger partial charge in [-0.3, -0.25) is 4.57 Å². The number of hydrogen-bond acceptors (Lipinski definition) is 5. The van der Waals surface area contributed by atoms with Crippen molar-refractivity contribution in [2.45, 2.75) is 19.5 Å². The fourth-order valence-corrected chi connectivity index (χ4v) is 4.14. The van der Waals surface area contributed by atoms with Gasteiger partial charge in [0.25, 0.3) is 0 Å². The van der Waals surface area contributed by atoms with Gasteiger partial charge in [0.15, 0.2) is 5.66 Å². The van der Waals surface area contributed by atoms with Crippen LogP contribution in [0.15, 0.2) is 17.5 Å². The van der Waals surface area contributed by atoms with Crippen molar-refractivity contribution in [3.8, 4) is 6.07 Å². The van der Waals surface area contributed by atoms with Crippen LogP contribution in [-0.4, -0.2) is 13.2 Å². The normalized spacial score (nSPS) is 13.3. The fourth-order valence-electron chi connectivity index (χ4n) is 1.28. The van der Waals surface area contributed by atoms with Crippen LogP contribution in [0.5, 0.6) is 0 Å². The molecule has 1 heterocycles. The van der Waals surface area contributed by atoms with E-state index < -0.39 is 13.3 Å². The first kappa shape index (κ1) is 13.4. The van der Waals surface area contributed by atoms with Gasteiger partial charge >= 0.3 is 7.60 Å². The average molecular weight is 259 g/mol. The van der Waals surface area contributed by atoms with Gasteiger partial charge < -0.3 is 9.05 Å². The predicted octanol–water partition coefficient (Wildman–Crippen LogP) is 3.58. The molecule has 0 aliphatic rings. The molecule has 6 heteroatoms. The summed E-state index contributed by atoms with van der Waals surface area (Å²) < 4.78 is 22.7. The summed E-state index contributed by atoms with van der Waals surface area (Å²) in [6, 6.07) is 5.59. The molecule has 88 valence electrons. The number of nitriles is 1. The smallest absolute Gasteiger partial charge is 0.308 e. The first-order valence-corrected chi connectivity index (χ1v) is 7.49. The molecule has 1 rings (SSSR count). The zero-order valence-electron chi connectivity index (χ0n) is 9.25. The number of nitrogens with zero attached hydrogens (tertiary/aromatic N) is 1. The molecule has 0 spiro atoms. The van der Waals surface area contributed by atoms with Crippen molar-refractivity contribution in [3.05, 3.63) is 22.4 Å². The summed E-state index contributed by atoms with van der Waals surface area (Å²) in [4.78, 5) is 0.715. The molecule has 16 heavy (non-hydrogen) atoms. The van der Waals surface area contributed by atoms with Crippen LogP contribution in [0.4, 0.5) is 0 Å². The van der Waals surface area contributed by atoms with E-state index in [0.29, 0.717) is 4.88 Å². The summed E-state index contributed by atoms with van der Waals surface area (Å²) in [6.45, 7) is 3.99. The topological polar surface area (TPSA) is 59.3 Å². The Bertz CT molecular complexity index is 389. The molecule has 1 aromatic heterocycles. The molecule has 0 amide bonds. The summed E-state index contributed by atoms with van der Waals surface area (Å²) in [5, 5.41) is 10.9. The highest BCUT2D eigenvalue weighted by Gasteiger charge is 2.37. The van der Waals surface area contributed by atoms with Crippen LogP contribution in [0, 0.1) is 11.3 Å². The standard InChI is InChI=1S/C10H14NO3PS/c1-3-13-15(12,14-4-2)9(8-11)10-6-5-7-16-10/h5-7,9H,3-4H2,1-2H3. The molecule has 1 aromatic rings. The van der Waals surface area contributed by atoms with Gasteiger partial charge in [0.1, 0.15) is 0 Å². The lowest BCUT2D eigenvalue weighted by Gasteiger charge is -2.20. The van der Waals surface area contributed by atoms with E-state index in [9.17, 15) is 4.57 Å². The van der Waals surface area contributed by atoms with E-state index in [2.05, 4.69) is 0 Å². The van der Waals surface area contributed by atoms with Crippen LogP contribution in [0.25, 0.3) is 0 Å². The van der Waals surface area contributed by atoms with E-state index in [1.54, 1.807) is 19.9 Å². The maximum Gasteiger partial charge on any atom is 0.353 e. The molecule has 4 nitrogen and oxygen atoms in total. The maximum absolute atomic E-state index is 12.4. The second-order valence-corrected chi connectivity index (χ2v) is 6.01. The van der Waals surface area contributed by atoms with Crippen LogP contribution >= 0.6 is 18.9 Å². The van der Waals surface area contributed by atoms with Gasteiger partial charge in [-0.05, 0) is 25.3 Å². The van der Waals surface area contributed by atoms with Crippen LogP contribution in [-0.2, 0) is 13.6 Å². The maximum atomic E-state index is 12.4. The molecule has 0 N–H and O–H groups in total. The van der Waals surface area contributed by atoms with E-state index in [1.807, 2.05) is 17.5 Å². The third-order valence-electron chi connectivity index (χ3n) is 1.87. The van der Waals surface area contributed by atoms with Crippen molar-refractivity contribution >= 4 is 18.9 Å². The molecule has 0 fully saturated rings. The lowest BCUT2D eigenvalue weighted by Crippen LogP contribution is -2.03. The molecule has 0 saturated heterocycles. The second-order valence-electron chi connectivity index (χ2n) is 2.92. The molecular weight excluding hydrogens is 245 g/mol. The largest absolute Gasteiger partial charge is 0.353 e. The zero-order valence-corrected chi connectivity index (χ0v) is 11.0. The first-order valence-electron chi connectivity index (χ1n) is 4.99. The highest BCUT2D eigenvalue weighted by atomic mass is 32.1. The lowest BCUT2D eigenvalue weighted by atomic mass is 10.4. The summed E-state index contributed by atoms with van der Waals surface area (Å²) in [6.07, 6.45) is 0. The van der Waals surface area contributed by atoms with E-state index in [1.165, 1.54) is 11.3 Å². The first-order chi connectivity index (χ1) is 7.68. The third kappa shape index (κ3) is 2.93. The van der Waals surface area contributed by atoms with E-state index >= 15 is 0 Å². The van der Waals surface area contributed by atoms with Gasteiger partial charge in [0, 0.05) is 4.88 Å². The zero-order chi connectivity index (χ0) is 12.0. The molecule has 0 aromatic carbocycles. The Balaban J connectivity index is 3.01. The van der Waals surface area contributed by atoms with Gasteiger partial charge in [-0.25, -0.2) is 0 Å². The second kappa shape index (κ2) is 6.17. The number of hydrogen-bond donors (Lipinski definition) is 0. The fraction of sp³-hybridized carbons (Fsp3) is 0.500. The van der Waals surface area contributed by atoms with Crippen molar-refractivity contribution in [2.24, 2.45) is 0 Å². The van der Waals surface area contributed by atoms with Crippen LogP contribution in [0.1, 0.15) is 24.4 Å². The Hall–Kier alpha value is -0.660. The summed E-state index contributed by atoms with van der Waals surface area (Å²) in [5.74, 6) is 0. The average Bonchev–Trinajstić information content (AvgIpc) is 2.72. The van der Waals surface area contributed by atoms with Crippen LogP contribution in [0.3, 0.4) is 0 Å². The monoisotopic (exact) mass is 259 g/mol. The van der Waals surface area contributed by atoms with Crippen molar-refractivity contribution in [3.63, 3.8) is 0 Å². The molecule has 0 bridgehead atoms. The van der Waals surface area contributed by atoms with E-state index in [4.69, 9.17) is 14.3 Å². The SMILES string of the molecule is CCOP(=O)(OCC)C(C#N)c1cccs1. The molecule has 0 radical (unpaired) electrons. The van der Waals surface area contributed by atoms with Crippen molar-refractivity contribution < 1.29 is 13.6 Å². The minimum atomic E-state index is -3.37. The molecule has 1 atom stereocenters. The molecule has 0 saturated carbocycles. The molecule has 0 aliphatic heterocycles. The summed E-state index contributed by atoms with van der Waals surface area (Å²) in [5.41, 5.74) is -0.826. The van der Waals surface area contributed by atoms with E-state index in [0.717, 1.165) is 0 Å². The van der Waals surface area contributed by atoms with Crippen molar-refractivity contribution in [2.75, 3.05) is 13.2 Å². The highest BCUT2D eigenvalue weighted by molar-refractivity contribution is 7.55. The Morgan fingerprint density at radius 1 is 1.50 bits per heavy atom. The minimum absolute atomic E-state index is 0.265. The summed E-state index contributed by atoms with van der Waals surface area (Å²) in [7, 11) is -3.37. The minimum Gasteiger partial charge on any atom is -0.308 e. The number of thiophene rings is 1. The third-order valence-corrected chi connectivity index (χ3v) is 5.24. The van der Waals surface area contributed by atoms with Crippen LogP contribution < -0.4 is 0 Å². The van der Waals surface area contributed by atoms with Gasteiger partial charge in [-0.2, -0.15) is 5.26 Å². The Morgan fingerprint density at radius 3 is 2.50 bits per heavy atom. The Labute approximate surface area is 99.3 Å². The van der Waals surface area contributed by atoms with Crippen LogP contribution in [0.2, 0.25) is 0 Å². The van der Waals surface area contributed by atoms with Crippen molar-refractivity contribution in [1.29, 1.82) is 5.26 Å².